The van der Waals surface area contributed by atoms with E-state index in [9.17, 15) is 4.79 Å². The van der Waals surface area contributed by atoms with Gasteiger partial charge in [0, 0.05) is 13.0 Å². The van der Waals surface area contributed by atoms with Gasteiger partial charge < -0.3 is 13.8 Å². The second-order valence-electron chi connectivity index (χ2n) is 7.25. The van der Waals surface area contributed by atoms with E-state index in [2.05, 4.69) is 20.1 Å². The van der Waals surface area contributed by atoms with Crippen molar-refractivity contribution >= 4 is 11.2 Å². The van der Waals surface area contributed by atoms with E-state index in [0.29, 0.717) is 35.9 Å². The summed E-state index contributed by atoms with van der Waals surface area (Å²) in [5.74, 6) is 0.623. The molecule has 148 valence electrons. The third-order valence-corrected chi connectivity index (χ3v) is 5.12. The minimum atomic E-state index is -1.13. The first-order valence-electron chi connectivity index (χ1n) is 9.83. The van der Waals surface area contributed by atoms with Gasteiger partial charge in [-0.3, -0.25) is 9.36 Å². The number of rotatable bonds is 4. The molecule has 0 aliphatic carbocycles. The zero-order valence-corrected chi connectivity index (χ0v) is 16.1. The molecule has 1 aromatic carbocycles. The van der Waals surface area contributed by atoms with Gasteiger partial charge in [-0.15, -0.1) is 0 Å². The van der Waals surface area contributed by atoms with E-state index in [-0.39, 0.29) is 18.0 Å². The Bertz CT molecular complexity index is 1280. The molecule has 0 bridgehead atoms. The number of fused-ring (bicyclic) bond motifs is 1. The predicted octanol–water partition coefficient (Wildman–Crippen LogP) is 2.11. The number of nitrogens with zero attached hydrogens (tertiary/aromatic N) is 6. The van der Waals surface area contributed by atoms with Gasteiger partial charge >= 0.3 is 0 Å². The topological polar surface area (TPSA) is 101 Å². The van der Waals surface area contributed by atoms with Crippen molar-refractivity contribution in [3.8, 4) is 0 Å². The first-order chi connectivity index (χ1) is 14.4. The smallest absolute Gasteiger partial charge is 0.280 e. The third kappa shape index (κ3) is 3.23. The summed E-state index contributed by atoms with van der Waals surface area (Å²) in [6.45, 7) is 2.45. The minimum Gasteiger partial charge on any atom is -0.373 e. The van der Waals surface area contributed by atoms with Crippen LogP contribution < -0.4 is 5.56 Å². The lowest BCUT2D eigenvalue weighted by atomic mass is 9.99. The van der Waals surface area contributed by atoms with Crippen LogP contribution in [0, 0.1) is 6.92 Å². The van der Waals surface area contributed by atoms with E-state index < -0.39 is 6.08 Å². The highest BCUT2D eigenvalue weighted by atomic mass is 16.5. The molecule has 1 saturated heterocycles. The lowest BCUT2D eigenvalue weighted by Gasteiger charge is -2.09. The first-order valence-corrected chi connectivity index (χ1v) is 9.33. The second-order valence-corrected chi connectivity index (χ2v) is 7.25. The summed E-state index contributed by atoms with van der Waals surface area (Å²) in [6, 6.07) is 7.78. The van der Waals surface area contributed by atoms with E-state index in [0.717, 1.165) is 11.1 Å². The molecule has 0 saturated carbocycles. The highest BCUT2D eigenvalue weighted by molar-refractivity contribution is 5.68. The molecule has 9 heteroatoms. The van der Waals surface area contributed by atoms with Crippen molar-refractivity contribution in [2.75, 3.05) is 6.61 Å². The quantitative estimate of drug-likeness (QED) is 0.523. The van der Waals surface area contributed by atoms with Crippen LogP contribution >= 0.6 is 0 Å². The molecule has 9 nitrogen and oxygen atoms in total. The van der Waals surface area contributed by atoms with Gasteiger partial charge in [0.15, 0.2) is 17.0 Å². The molecular weight excluding hydrogens is 372 g/mol. The lowest BCUT2D eigenvalue weighted by Crippen LogP contribution is -2.22. The number of aryl methyl sites for hydroxylation is 2. The summed E-state index contributed by atoms with van der Waals surface area (Å²) in [4.78, 5) is 25.4. The van der Waals surface area contributed by atoms with Crippen molar-refractivity contribution in [1.29, 1.82) is 0 Å². The first kappa shape index (κ1) is 16.6. The monoisotopic (exact) mass is 393 g/mol. The molecule has 2 atom stereocenters. The molecule has 0 unspecified atom stereocenters. The summed E-state index contributed by atoms with van der Waals surface area (Å²) in [6.07, 6.45) is 2.27. The molecule has 3 aromatic heterocycles. The van der Waals surface area contributed by atoms with Gasteiger partial charge in [-0.05, 0) is 18.9 Å². The van der Waals surface area contributed by atoms with E-state index in [1.54, 1.807) is 17.9 Å². The van der Waals surface area contributed by atoms with Gasteiger partial charge in [0.1, 0.15) is 12.9 Å². The van der Waals surface area contributed by atoms with Crippen LogP contribution in [0.1, 0.15) is 42.6 Å². The van der Waals surface area contributed by atoms with Crippen molar-refractivity contribution < 1.29 is 10.6 Å². The van der Waals surface area contributed by atoms with Crippen LogP contribution in [0.4, 0.5) is 0 Å². The SMILES string of the molecule is [2H][C@]1(c2ccc(C)cc2)C[C@H](c2noc(Cn3cnc4ncn(C)c4c3=O)n2)CO1. The molecule has 1 aliphatic heterocycles. The summed E-state index contributed by atoms with van der Waals surface area (Å²) in [7, 11) is 1.74. The Labute approximate surface area is 167 Å². The number of ether oxygens (including phenoxy) is 1. The number of hydrogen-bond donors (Lipinski definition) is 0. The van der Waals surface area contributed by atoms with Crippen molar-refractivity contribution in [2.24, 2.45) is 7.05 Å². The van der Waals surface area contributed by atoms with Crippen molar-refractivity contribution in [3.63, 3.8) is 0 Å². The summed E-state index contributed by atoms with van der Waals surface area (Å²) < 4.78 is 22.9. The third-order valence-electron chi connectivity index (χ3n) is 5.12. The number of aromatic nitrogens is 6. The molecule has 1 aliphatic rings. The molecule has 4 heterocycles. The molecule has 0 radical (unpaired) electrons. The highest BCUT2D eigenvalue weighted by Crippen LogP contribution is 2.37. The molecule has 0 N–H and O–H groups in total. The maximum atomic E-state index is 12.7. The number of benzene rings is 1. The Morgan fingerprint density at radius 1 is 1.24 bits per heavy atom. The molecule has 1 fully saturated rings. The predicted molar refractivity (Wildman–Crippen MR) is 103 cm³/mol. The van der Waals surface area contributed by atoms with Crippen LogP contribution in [0.15, 0.2) is 46.2 Å². The standard InChI is InChI=1S/C20H20N6O3/c1-12-3-5-13(6-4-12)15-7-14(9-28-15)18-23-16(29-24-18)8-26-11-22-19-17(20(26)27)25(2)10-21-19/h3-6,10-11,14-15H,7-9H2,1-2H3/t14-,15+/m0/s1/i15D. The summed E-state index contributed by atoms with van der Waals surface area (Å²) in [5.41, 5.74) is 2.53. The van der Waals surface area contributed by atoms with E-state index in [1.165, 1.54) is 10.9 Å². The van der Waals surface area contributed by atoms with Crippen LogP contribution in [0.2, 0.25) is 0 Å². The van der Waals surface area contributed by atoms with Crippen molar-refractivity contribution in [1.82, 2.24) is 29.2 Å². The average molecular weight is 393 g/mol. The van der Waals surface area contributed by atoms with E-state index >= 15 is 0 Å². The van der Waals surface area contributed by atoms with Gasteiger partial charge in [0.2, 0.25) is 5.89 Å². The minimum absolute atomic E-state index is 0.109. The molecule has 29 heavy (non-hydrogen) atoms. The average Bonchev–Trinajstić information content (AvgIpc) is 3.44. The fourth-order valence-corrected chi connectivity index (χ4v) is 3.48. The van der Waals surface area contributed by atoms with E-state index in [4.69, 9.17) is 10.6 Å². The van der Waals surface area contributed by atoms with Crippen LogP contribution in [0.25, 0.3) is 11.2 Å². The Balaban J connectivity index is 1.35. The Morgan fingerprint density at radius 3 is 2.86 bits per heavy atom. The van der Waals surface area contributed by atoms with Crippen molar-refractivity contribution in [2.45, 2.75) is 31.9 Å². The fraction of sp³-hybridized carbons (Fsp3) is 0.350. The van der Waals surface area contributed by atoms with Gasteiger partial charge in [0.05, 0.1) is 20.4 Å². The van der Waals surface area contributed by atoms with Gasteiger partial charge in [-0.25, -0.2) is 9.97 Å². The zero-order valence-electron chi connectivity index (χ0n) is 17.1. The number of imidazole rings is 1. The van der Waals surface area contributed by atoms with Gasteiger partial charge in [-0.1, -0.05) is 35.0 Å². The summed E-state index contributed by atoms with van der Waals surface area (Å²) >= 11 is 0. The highest BCUT2D eigenvalue weighted by Gasteiger charge is 2.31. The normalized spacial score (nSPS) is 22.3. The van der Waals surface area contributed by atoms with Crippen LogP contribution in [-0.4, -0.2) is 35.8 Å². The largest absolute Gasteiger partial charge is 0.373 e. The Hall–Kier alpha value is -3.33. The second kappa shape index (κ2) is 6.93. The van der Waals surface area contributed by atoms with Gasteiger partial charge in [0.25, 0.3) is 5.56 Å². The molecule has 5 rings (SSSR count). The van der Waals surface area contributed by atoms with Gasteiger partial charge in [-0.2, -0.15) is 4.98 Å². The van der Waals surface area contributed by atoms with Crippen molar-refractivity contribution in [3.05, 3.63) is 70.1 Å². The summed E-state index contributed by atoms with van der Waals surface area (Å²) in [5, 5.41) is 4.06. The Kier molecular flexibility index (Phi) is 3.97. The van der Waals surface area contributed by atoms with Crippen LogP contribution in [0.3, 0.4) is 0 Å². The lowest BCUT2D eigenvalue weighted by molar-refractivity contribution is 0.110. The van der Waals surface area contributed by atoms with Crippen LogP contribution in [-0.2, 0) is 18.3 Å². The Morgan fingerprint density at radius 2 is 2.03 bits per heavy atom. The molecular formula is C20H20N6O3. The zero-order chi connectivity index (χ0) is 20.9. The molecule has 4 aromatic rings. The molecule has 0 amide bonds. The molecule has 0 spiro atoms. The maximum Gasteiger partial charge on any atom is 0.280 e. The fourth-order valence-electron chi connectivity index (χ4n) is 3.48. The van der Waals surface area contributed by atoms with E-state index in [1.807, 2.05) is 31.2 Å². The number of hydrogen-bond acceptors (Lipinski definition) is 7. The maximum absolute atomic E-state index is 12.7. The van der Waals surface area contributed by atoms with Crippen LogP contribution in [0.5, 0.6) is 0 Å².